The van der Waals surface area contributed by atoms with E-state index in [4.69, 9.17) is 14.2 Å². The van der Waals surface area contributed by atoms with Gasteiger partial charge in [-0.2, -0.15) is 0 Å². The van der Waals surface area contributed by atoms with Gasteiger partial charge in [0.15, 0.2) is 23.0 Å². The minimum Gasteiger partial charge on any atom is -0.504 e. The van der Waals surface area contributed by atoms with Crippen LogP contribution in [-0.4, -0.2) is 44.1 Å². The molecule has 0 fully saturated rings. The van der Waals surface area contributed by atoms with Crippen LogP contribution in [-0.2, 0) is 9.53 Å². The molecule has 0 radical (unpaired) electrons. The Morgan fingerprint density at radius 3 is 2.54 bits per heavy atom. The van der Waals surface area contributed by atoms with E-state index in [1.807, 2.05) is 6.07 Å². The fraction of sp³-hybridized carbons (Fsp3) is 0.286. The second kappa shape index (κ2) is 8.22. The third kappa shape index (κ3) is 3.61. The zero-order valence-electron chi connectivity index (χ0n) is 15.8. The highest BCUT2D eigenvalue weighted by atomic mass is 16.5. The minimum absolute atomic E-state index is 0.0233. The standard InChI is InChI=1S/C21H22O7/c1-25-17-10-13(5-6-16(17)23)20-15(11-22)14-8-12(4-7-19(24)27-3)9-18(26-2)21(14)28-20/h4-10,15,20,22-23H,11H2,1-3H3/b7-4+/t15-,20-/m0/s1. The number of fused-ring (bicyclic) bond motifs is 1. The number of benzene rings is 2. The highest BCUT2D eigenvalue weighted by Gasteiger charge is 2.37. The maximum Gasteiger partial charge on any atom is 0.330 e. The summed E-state index contributed by atoms with van der Waals surface area (Å²) in [7, 11) is 4.30. The number of phenolic OH excluding ortho intramolecular Hbond substituents is 1. The molecule has 1 aliphatic rings. The fourth-order valence-electron chi connectivity index (χ4n) is 3.27. The number of hydrogen-bond donors (Lipinski definition) is 2. The molecule has 7 heteroatoms. The van der Waals surface area contributed by atoms with Crippen molar-refractivity contribution in [1.82, 2.24) is 0 Å². The number of aliphatic hydroxyl groups is 1. The van der Waals surface area contributed by atoms with Gasteiger partial charge in [-0.05, 0) is 41.5 Å². The van der Waals surface area contributed by atoms with Gasteiger partial charge in [-0.25, -0.2) is 4.79 Å². The molecule has 2 aromatic carbocycles. The summed E-state index contributed by atoms with van der Waals surface area (Å²) in [6.07, 6.45) is 2.44. The highest BCUT2D eigenvalue weighted by molar-refractivity contribution is 5.87. The van der Waals surface area contributed by atoms with Crippen LogP contribution in [0.1, 0.15) is 28.7 Å². The number of aromatic hydroxyl groups is 1. The molecule has 0 spiro atoms. The molecule has 0 saturated carbocycles. The van der Waals surface area contributed by atoms with Crippen molar-refractivity contribution in [3.05, 3.63) is 53.1 Å². The van der Waals surface area contributed by atoms with Crippen molar-refractivity contribution in [1.29, 1.82) is 0 Å². The van der Waals surface area contributed by atoms with Gasteiger partial charge in [0.1, 0.15) is 6.10 Å². The van der Waals surface area contributed by atoms with Crippen molar-refractivity contribution in [2.45, 2.75) is 12.0 Å². The Balaban J connectivity index is 2.02. The zero-order chi connectivity index (χ0) is 20.3. The smallest absolute Gasteiger partial charge is 0.330 e. The van der Waals surface area contributed by atoms with Gasteiger partial charge in [-0.1, -0.05) is 6.07 Å². The summed E-state index contributed by atoms with van der Waals surface area (Å²) < 4.78 is 21.4. The average Bonchev–Trinajstić information content (AvgIpc) is 3.10. The van der Waals surface area contributed by atoms with E-state index in [9.17, 15) is 15.0 Å². The van der Waals surface area contributed by atoms with E-state index in [0.29, 0.717) is 22.8 Å². The molecule has 3 rings (SSSR count). The molecule has 0 bridgehead atoms. The lowest BCUT2D eigenvalue weighted by molar-refractivity contribution is -0.134. The number of rotatable bonds is 6. The Labute approximate surface area is 162 Å². The summed E-state index contributed by atoms with van der Waals surface area (Å²) in [6.45, 7) is -0.159. The van der Waals surface area contributed by atoms with Gasteiger partial charge in [0.05, 0.1) is 33.9 Å². The number of hydrogen-bond acceptors (Lipinski definition) is 7. The predicted molar refractivity (Wildman–Crippen MR) is 102 cm³/mol. The molecule has 2 N–H and O–H groups in total. The number of carbonyl (C=O) groups excluding carboxylic acids is 1. The molecule has 0 amide bonds. The van der Waals surface area contributed by atoms with E-state index >= 15 is 0 Å². The molecular weight excluding hydrogens is 364 g/mol. The first-order chi connectivity index (χ1) is 13.5. The second-order valence-electron chi connectivity index (χ2n) is 6.26. The van der Waals surface area contributed by atoms with E-state index in [1.54, 1.807) is 24.3 Å². The molecule has 0 unspecified atom stereocenters. The molecule has 28 heavy (non-hydrogen) atoms. The molecule has 7 nitrogen and oxygen atoms in total. The molecule has 2 atom stereocenters. The topological polar surface area (TPSA) is 94.5 Å². The lowest BCUT2D eigenvalue weighted by atomic mass is 9.90. The van der Waals surface area contributed by atoms with E-state index in [1.165, 1.54) is 33.5 Å². The summed E-state index contributed by atoms with van der Waals surface area (Å²) >= 11 is 0. The van der Waals surface area contributed by atoms with Crippen molar-refractivity contribution < 1.29 is 34.0 Å². The SMILES string of the molecule is COC(=O)/C=C/c1cc(OC)c2c(c1)[C@H](CO)[C@H](c1ccc(O)c(OC)c1)O2. The molecule has 1 aliphatic heterocycles. The molecule has 1 heterocycles. The van der Waals surface area contributed by atoms with E-state index in [-0.39, 0.29) is 18.3 Å². The van der Waals surface area contributed by atoms with Gasteiger partial charge in [-0.3, -0.25) is 0 Å². The van der Waals surface area contributed by atoms with Crippen LogP contribution < -0.4 is 14.2 Å². The normalized spacial score (nSPS) is 17.9. The van der Waals surface area contributed by atoms with Crippen molar-refractivity contribution in [2.24, 2.45) is 0 Å². The lowest BCUT2D eigenvalue weighted by Gasteiger charge is -2.18. The van der Waals surface area contributed by atoms with Crippen LogP contribution in [0, 0.1) is 0 Å². The van der Waals surface area contributed by atoms with Gasteiger partial charge in [0, 0.05) is 11.6 Å². The first-order valence-corrected chi connectivity index (χ1v) is 8.64. The van der Waals surface area contributed by atoms with E-state index in [0.717, 1.165) is 11.1 Å². The van der Waals surface area contributed by atoms with Crippen LogP contribution in [0.25, 0.3) is 6.08 Å². The summed E-state index contributed by atoms with van der Waals surface area (Å²) in [6, 6.07) is 8.51. The van der Waals surface area contributed by atoms with Crippen LogP contribution >= 0.6 is 0 Å². The molecular formula is C21H22O7. The van der Waals surface area contributed by atoms with E-state index < -0.39 is 12.1 Å². The van der Waals surface area contributed by atoms with Gasteiger partial charge in [0.25, 0.3) is 0 Å². The van der Waals surface area contributed by atoms with Crippen molar-refractivity contribution >= 4 is 12.0 Å². The average molecular weight is 386 g/mol. The first-order valence-electron chi connectivity index (χ1n) is 8.64. The van der Waals surface area contributed by atoms with E-state index in [2.05, 4.69) is 4.74 Å². The van der Waals surface area contributed by atoms with Crippen LogP contribution in [0.15, 0.2) is 36.4 Å². The number of aliphatic hydroxyl groups excluding tert-OH is 1. The monoisotopic (exact) mass is 386 g/mol. The van der Waals surface area contributed by atoms with Gasteiger partial charge in [-0.15, -0.1) is 0 Å². The lowest BCUT2D eigenvalue weighted by Crippen LogP contribution is -2.13. The number of esters is 1. The van der Waals surface area contributed by atoms with Crippen molar-refractivity contribution in [3.63, 3.8) is 0 Å². The summed E-state index contributed by atoms with van der Waals surface area (Å²) in [4.78, 5) is 11.4. The molecule has 0 aromatic heterocycles. The predicted octanol–water partition coefficient (Wildman–Crippen LogP) is 2.81. The molecule has 2 aromatic rings. The Bertz CT molecular complexity index is 904. The highest BCUT2D eigenvalue weighted by Crippen LogP contribution is 2.51. The number of carbonyl (C=O) groups is 1. The Morgan fingerprint density at radius 2 is 1.89 bits per heavy atom. The Morgan fingerprint density at radius 1 is 1.14 bits per heavy atom. The maximum atomic E-state index is 11.4. The summed E-state index contributed by atoms with van der Waals surface area (Å²) in [5.41, 5.74) is 2.23. The van der Waals surface area contributed by atoms with Crippen LogP contribution in [0.4, 0.5) is 0 Å². The molecule has 148 valence electrons. The number of ether oxygens (including phenoxy) is 4. The number of methoxy groups -OCH3 is 3. The zero-order valence-corrected chi connectivity index (χ0v) is 15.8. The van der Waals surface area contributed by atoms with Crippen molar-refractivity contribution in [3.8, 4) is 23.0 Å². The molecule has 0 saturated heterocycles. The Hall–Kier alpha value is -3.19. The van der Waals surface area contributed by atoms with Gasteiger partial charge >= 0.3 is 5.97 Å². The minimum atomic E-state index is -0.483. The van der Waals surface area contributed by atoms with Crippen LogP contribution in [0.5, 0.6) is 23.0 Å². The van der Waals surface area contributed by atoms with Crippen molar-refractivity contribution in [2.75, 3.05) is 27.9 Å². The largest absolute Gasteiger partial charge is 0.504 e. The number of phenols is 1. The summed E-state index contributed by atoms with van der Waals surface area (Å²) in [5, 5.41) is 19.9. The van der Waals surface area contributed by atoms with Gasteiger partial charge < -0.3 is 29.2 Å². The third-order valence-corrected chi connectivity index (χ3v) is 4.68. The quantitative estimate of drug-likeness (QED) is 0.582. The summed E-state index contributed by atoms with van der Waals surface area (Å²) in [5.74, 6) is 0.549. The second-order valence-corrected chi connectivity index (χ2v) is 6.26. The third-order valence-electron chi connectivity index (χ3n) is 4.68. The first kappa shape index (κ1) is 19.6. The van der Waals surface area contributed by atoms with Crippen LogP contribution in [0.3, 0.4) is 0 Å². The maximum absolute atomic E-state index is 11.4. The fourth-order valence-corrected chi connectivity index (χ4v) is 3.27. The van der Waals surface area contributed by atoms with Crippen LogP contribution in [0.2, 0.25) is 0 Å². The molecule has 0 aliphatic carbocycles. The van der Waals surface area contributed by atoms with Gasteiger partial charge in [0.2, 0.25) is 0 Å². The Kier molecular flexibility index (Phi) is 5.75.